The average Bonchev–Trinajstić information content (AvgIpc) is 3.03. The van der Waals surface area contributed by atoms with Crippen LogP contribution in [0.4, 0.5) is 4.39 Å². The summed E-state index contributed by atoms with van der Waals surface area (Å²) < 4.78 is 47.8. The maximum absolute atomic E-state index is 13.7. The van der Waals surface area contributed by atoms with Crippen LogP contribution in [0.1, 0.15) is 25.1 Å². The van der Waals surface area contributed by atoms with E-state index in [9.17, 15) is 17.6 Å². The topological polar surface area (TPSA) is 106 Å². The number of halogens is 1. The van der Waals surface area contributed by atoms with E-state index in [0.29, 0.717) is 31.8 Å². The Balaban J connectivity index is 1.50. The molecule has 29 heavy (non-hydrogen) atoms. The van der Waals surface area contributed by atoms with Crippen molar-refractivity contribution in [3.05, 3.63) is 36.2 Å². The van der Waals surface area contributed by atoms with Crippen molar-refractivity contribution >= 4 is 15.9 Å². The number of amides is 1. The van der Waals surface area contributed by atoms with Crippen LogP contribution in [0.2, 0.25) is 0 Å². The zero-order valence-electron chi connectivity index (χ0n) is 16.3. The van der Waals surface area contributed by atoms with Gasteiger partial charge in [0, 0.05) is 39.0 Å². The number of rotatable bonds is 7. The summed E-state index contributed by atoms with van der Waals surface area (Å²) in [5, 5.41) is -0.0752. The van der Waals surface area contributed by atoms with Gasteiger partial charge in [-0.25, -0.2) is 27.5 Å². The number of carbonyl (C=O) groups is 1. The summed E-state index contributed by atoms with van der Waals surface area (Å²) in [5.41, 5.74) is 0. The molecule has 2 aromatic rings. The van der Waals surface area contributed by atoms with Gasteiger partial charge in [-0.15, -0.1) is 0 Å². The first-order valence-electron chi connectivity index (χ1n) is 9.31. The fourth-order valence-corrected chi connectivity index (χ4v) is 4.12. The molecule has 1 aliphatic heterocycles. The zero-order valence-corrected chi connectivity index (χ0v) is 17.2. The number of hydrogen-bond donors (Lipinski definition) is 1. The van der Waals surface area contributed by atoms with Gasteiger partial charge >= 0.3 is 0 Å². The Morgan fingerprint density at radius 2 is 2.24 bits per heavy atom. The van der Waals surface area contributed by atoms with Crippen molar-refractivity contribution in [3.8, 4) is 5.88 Å². The Morgan fingerprint density at radius 3 is 2.93 bits per heavy atom. The smallest absolute Gasteiger partial charge is 0.259 e. The highest BCUT2D eigenvalue weighted by Gasteiger charge is 2.26. The summed E-state index contributed by atoms with van der Waals surface area (Å²) in [6.45, 7) is 2.53. The van der Waals surface area contributed by atoms with Gasteiger partial charge in [0.1, 0.15) is 11.9 Å². The second-order valence-electron chi connectivity index (χ2n) is 6.90. The molecule has 1 amide bonds. The molecule has 0 bridgehead atoms. The highest BCUT2D eigenvalue weighted by molar-refractivity contribution is 7.89. The third-order valence-electron chi connectivity index (χ3n) is 4.73. The highest BCUT2D eigenvalue weighted by atomic mass is 32.2. The van der Waals surface area contributed by atoms with Crippen molar-refractivity contribution in [2.75, 3.05) is 19.6 Å². The molecule has 1 N–H and O–H groups in total. The molecule has 11 heteroatoms. The summed E-state index contributed by atoms with van der Waals surface area (Å²) >= 11 is 0. The van der Waals surface area contributed by atoms with Crippen molar-refractivity contribution in [2.24, 2.45) is 7.05 Å². The van der Waals surface area contributed by atoms with Crippen LogP contribution >= 0.6 is 0 Å². The first-order valence-corrected chi connectivity index (χ1v) is 10.8. The number of nitrogens with zero attached hydrogens (tertiary/aromatic N) is 4. The summed E-state index contributed by atoms with van der Waals surface area (Å²) in [7, 11) is -2.07. The normalized spacial score (nSPS) is 17.3. The molecule has 0 radical (unpaired) electrons. The molecular weight excluding hydrogens is 401 g/mol. The van der Waals surface area contributed by atoms with E-state index in [2.05, 4.69) is 14.7 Å². The van der Waals surface area contributed by atoms with E-state index in [0.717, 1.165) is 0 Å². The number of aryl methyl sites for hydroxylation is 2. The lowest BCUT2D eigenvalue weighted by Gasteiger charge is -2.32. The van der Waals surface area contributed by atoms with E-state index in [-0.39, 0.29) is 35.9 Å². The number of piperidine rings is 1. The third kappa shape index (κ3) is 5.30. The fraction of sp³-hybridized carbons (Fsp3) is 0.500. The molecule has 1 aliphatic rings. The largest absolute Gasteiger partial charge is 0.470 e. The molecule has 158 valence electrons. The van der Waals surface area contributed by atoms with Gasteiger partial charge in [-0.3, -0.25) is 4.79 Å². The first-order chi connectivity index (χ1) is 13.8. The lowest BCUT2D eigenvalue weighted by molar-refractivity contribution is -0.133. The zero-order chi connectivity index (χ0) is 21.0. The third-order valence-corrected chi connectivity index (χ3v) is 6.06. The van der Waals surface area contributed by atoms with Crippen molar-refractivity contribution in [1.82, 2.24) is 24.2 Å². The van der Waals surface area contributed by atoms with E-state index in [1.54, 1.807) is 23.4 Å². The molecule has 0 aromatic carbocycles. The molecule has 2 aromatic heterocycles. The van der Waals surface area contributed by atoms with Crippen LogP contribution in [0, 0.1) is 12.7 Å². The van der Waals surface area contributed by atoms with Gasteiger partial charge in [0.05, 0.1) is 6.54 Å². The molecule has 1 saturated heterocycles. The molecule has 3 heterocycles. The standard InChI is InChI=1S/C18H24FN5O4S/c1-13-22-16(12-23(13)2)29(26,27)21-9-7-17(25)24-10-4-5-14(11-24)28-18-15(19)6-3-8-20-18/h3,6,8,12,14,21H,4-5,7,9-11H2,1-2H3/t14-/m0/s1. The molecule has 0 aliphatic carbocycles. The predicted molar refractivity (Wildman–Crippen MR) is 102 cm³/mol. The summed E-state index contributed by atoms with van der Waals surface area (Å²) in [4.78, 5) is 21.9. The van der Waals surface area contributed by atoms with Crippen LogP contribution in [-0.2, 0) is 21.9 Å². The van der Waals surface area contributed by atoms with E-state index < -0.39 is 15.8 Å². The molecule has 0 spiro atoms. The van der Waals surface area contributed by atoms with Crippen LogP contribution in [0.15, 0.2) is 29.6 Å². The van der Waals surface area contributed by atoms with E-state index >= 15 is 0 Å². The van der Waals surface area contributed by atoms with Crippen LogP contribution in [-0.4, -0.2) is 59.5 Å². The molecule has 9 nitrogen and oxygen atoms in total. The number of carbonyl (C=O) groups excluding carboxylic acids is 1. The van der Waals surface area contributed by atoms with Crippen molar-refractivity contribution in [1.29, 1.82) is 0 Å². The first kappa shape index (κ1) is 21.2. The second-order valence-corrected chi connectivity index (χ2v) is 8.61. The second kappa shape index (κ2) is 8.87. The van der Waals surface area contributed by atoms with Crippen molar-refractivity contribution < 1.29 is 22.3 Å². The van der Waals surface area contributed by atoms with Gasteiger partial charge in [-0.1, -0.05) is 0 Å². The SMILES string of the molecule is Cc1nc(S(=O)(=O)NCCC(=O)N2CCC[C@H](Oc3ncccc3F)C2)cn1C. The lowest BCUT2D eigenvalue weighted by Crippen LogP contribution is -2.45. The van der Waals surface area contributed by atoms with Gasteiger partial charge in [0.2, 0.25) is 5.91 Å². The Labute approximate surface area is 169 Å². The van der Waals surface area contributed by atoms with E-state index in [1.807, 2.05) is 0 Å². The van der Waals surface area contributed by atoms with Crippen LogP contribution in [0.3, 0.4) is 0 Å². The van der Waals surface area contributed by atoms with Gasteiger partial charge < -0.3 is 14.2 Å². The van der Waals surface area contributed by atoms with Crippen LogP contribution < -0.4 is 9.46 Å². The van der Waals surface area contributed by atoms with Gasteiger partial charge in [-0.2, -0.15) is 0 Å². The number of nitrogens with one attached hydrogen (secondary N) is 1. The maximum atomic E-state index is 13.7. The van der Waals surface area contributed by atoms with Crippen LogP contribution in [0.5, 0.6) is 5.88 Å². The lowest BCUT2D eigenvalue weighted by atomic mass is 10.1. The molecule has 3 rings (SSSR count). The molecule has 1 atom stereocenters. The Hall–Kier alpha value is -2.53. The Bertz CT molecular complexity index is 959. The Morgan fingerprint density at radius 1 is 1.45 bits per heavy atom. The minimum Gasteiger partial charge on any atom is -0.470 e. The number of aromatic nitrogens is 3. The maximum Gasteiger partial charge on any atom is 0.259 e. The van der Waals surface area contributed by atoms with E-state index in [1.165, 1.54) is 24.5 Å². The highest BCUT2D eigenvalue weighted by Crippen LogP contribution is 2.19. The van der Waals surface area contributed by atoms with Crippen LogP contribution in [0.25, 0.3) is 0 Å². The monoisotopic (exact) mass is 425 g/mol. The quantitative estimate of drug-likeness (QED) is 0.709. The molecule has 0 unspecified atom stereocenters. The minimum absolute atomic E-state index is 0.00964. The van der Waals surface area contributed by atoms with Gasteiger partial charge in [-0.05, 0) is 31.9 Å². The van der Waals surface area contributed by atoms with Crippen molar-refractivity contribution in [2.45, 2.75) is 37.3 Å². The molecular formula is C18H24FN5O4S. The number of hydrogen-bond acceptors (Lipinski definition) is 6. The number of ether oxygens (including phenoxy) is 1. The number of sulfonamides is 1. The minimum atomic E-state index is -3.77. The molecule has 0 saturated carbocycles. The van der Waals surface area contributed by atoms with Gasteiger partial charge in [0.25, 0.3) is 15.9 Å². The van der Waals surface area contributed by atoms with Crippen molar-refractivity contribution in [3.63, 3.8) is 0 Å². The summed E-state index contributed by atoms with van der Waals surface area (Å²) in [6.07, 6.45) is 3.91. The van der Waals surface area contributed by atoms with E-state index in [4.69, 9.17) is 4.74 Å². The number of pyridine rings is 1. The average molecular weight is 425 g/mol. The fourth-order valence-electron chi connectivity index (χ4n) is 3.06. The number of likely N-dealkylation sites (tertiary alicyclic amines) is 1. The summed E-state index contributed by atoms with van der Waals surface area (Å²) in [6, 6.07) is 2.75. The summed E-state index contributed by atoms with van der Waals surface area (Å²) in [5.74, 6) is -0.245. The Kier molecular flexibility index (Phi) is 6.48. The van der Waals surface area contributed by atoms with Gasteiger partial charge in [0.15, 0.2) is 10.8 Å². The molecule has 1 fully saturated rings. The predicted octanol–water partition coefficient (Wildman–Crippen LogP) is 1.00. The number of imidazole rings is 1.